The molecule has 0 spiro atoms. The Labute approximate surface area is 58.2 Å². The highest BCUT2D eigenvalue weighted by molar-refractivity contribution is 8.13. The van der Waals surface area contributed by atoms with Gasteiger partial charge in [-0.2, -0.15) is 0 Å². The molecule has 0 amide bonds. The smallest absolute Gasteiger partial charge is 0.110 e. The Balaban J connectivity index is 2.77. The molecule has 2 N–H and O–H groups in total. The molecule has 2 nitrogen and oxygen atoms in total. The van der Waals surface area contributed by atoms with Gasteiger partial charge in [-0.1, -0.05) is 0 Å². The van der Waals surface area contributed by atoms with E-state index in [0.29, 0.717) is 5.04 Å². The van der Waals surface area contributed by atoms with Gasteiger partial charge in [-0.25, -0.2) is 0 Å². The summed E-state index contributed by atoms with van der Waals surface area (Å²) in [4.78, 5) is 2.94. The quantitative estimate of drug-likeness (QED) is 0.452. The summed E-state index contributed by atoms with van der Waals surface area (Å²) in [6, 6.07) is 3.78. The SMILES string of the molecule is CSC(=N)c1ccc[nH]1. The Morgan fingerprint density at radius 2 is 2.56 bits per heavy atom. The van der Waals surface area contributed by atoms with Gasteiger partial charge >= 0.3 is 0 Å². The molecule has 1 aromatic rings. The molecule has 9 heavy (non-hydrogen) atoms. The third kappa shape index (κ3) is 1.36. The largest absolute Gasteiger partial charge is 0.360 e. The monoisotopic (exact) mass is 140 g/mol. The van der Waals surface area contributed by atoms with E-state index >= 15 is 0 Å². The summed E-state index contributed by atoms with van der Waals surface area (Å²) in [5, 5.41) is 7.91. The van der Waals surface area contributed by atoms with Crippen molar-refractivity contribution in [3.8, 4) is 0 Å². The van der Waals surface area contributed by atoms with Crippen LogP contribution in [-0.2, 0) is 0 Å². The van der Waals surface area contributed by atoms with Gasteiger partial charge in [0.2, 0.25) is 0 Å². The standard InChI is InChI=1S/C6H8N2S/c1-9-6(7)5-3-2-4-8-5/h2-4,7-8H,1H3. The van der Waals surface area contributed by atoms with Crippen LogP contribution in [0.25, 0.3) is 0 Å². The number of aromatic nitrogens is 1. The second-order valence-electron chi connectivity index (χ2n) is 1.62. The molecule has 0 fully saturated rings. The predicted octanol–water partition coefficient (Wildman–Crippen LogP) is 1.70. The lowest BCUT2D eigenvalue weighted by molar-refractivity contribution is 1.36. The number of H-pyrrole nitrogens is 1. The van der Waals surface area contributed by atoms with Crippen LogP contribution in [0, 0.1) is 5.41 Å². The summed E-state index contributed by atoms with van der Waals surface area (Å²) >= 11 is 1.43. The van der Waals surface area contributed by atoms with E-state index in [-0.39, 0.29) is 0 Å². The fourth-order valence-electron chi connectivity index (χ4n) is 0.582. The van der Waals surface area contributed by atoms with Crippen LogP contribution in [-0.4, -0.2) is 16.3 Å². The van der Waals surface area contributed by atoms with Gasteiger partial charge in [-0.05, 0) is 18.4 Å². The number of hydrogen-bond acceptors (Lipinski definition) is 2. The van der Waals surface area contributed by atoms with E-state index < -0.39 is 0 Å². The van der Waals surface area contributed by atoms with Crippen molar-refractivity contribution in [1.29, 1.82) is 5.41 Å². The molecular formula is C6H8N2S. The maximum Gasteiger partial charge on any atom is 0.110 e. The topological polar surface area (TPSA) is 39.6 Å². The third-order valence-electron chi connectivity index (χ3n) is 1.05. The van der Waals surface area contributed by atoms with Crippen molar-refractivity contribution < 1.29 is 0 Å². The van der Waals surface area contributed by atoms with E-state index in [9.17, 15) is 0 Å². The van der Waals surface area contributed by atoms with Crippen molar-refractivity contribution in [1.82, 2.24) is 4.98 Å². The molecule has 48 valence electrons. The summed E-state index contributed by atoms with van der Waals surface area (Å²) < 4.78 is 0. The van der Waals surface area contributed by atoms with Crippen LogP contribution >= 0.6 is 11.8 Å². The lowest BCUT2D eigenvalue weighted by atomic mass is 10.5. The first kappa shape index (κ1) is 6.42. The zero-order valence-electron chi connectivity index (χ0n) is 5.14. The highest BCUT2D eigenvalue weighted by Crippen LogP contribution is 2.04. The molecular weight excluding hydrogens is 132 g/mol. The Kier molecular flexibility index (Phi) is 1.95. The molecule has 1 rings (SSSR count). The average molecular weight is 140 g/mol. The Hall–Kier alpha value is -0.700. The molecule has 0 saturated carbocycles. The fourth-order valence-corrected chi connectivity index (χ4v) is 0.928. The lowest BCUT2D eigenvalue weighted by Crippen LogP contribution is -1.90. The van der Waals surface area contributed by atoms with Crippen LogP contribution in [0.4, 0.5) is 0 Å². The lowest BCUT2D eigenvalue weighted by Gasteiger charge is -1.91. The first-order valence-electron chi connectivity index (χ1n) is 2.61. The highest BCUT2D eigenvalue weighted by atomic mass is 32.2. The van der Waals surface area contributed by atoms with Crippen LogP contribution in [0.5, 0.6) is 0 Å². The van der Waals surface area contributed by atoms with Gasteiger partial charge in [0.25, 0.3) is 0 Å². The van der Waals surface area contributed by atoms with Crippen molar-refractivity contribution in [3.63, 3.8) is 0 Å². The van der Waals surface area contributed by atoms with Crippen LogP contribution in [0.1, 0.15) is 5.69 Å². The van der Waals surface area contributed by atoms with E-state index in [1.165, 1.54) is 11.8 Å². The van der Waals surface area contributed by atoms with Gasteiger partial charge in [-0.15, -0.1) is 11.8 Å². The van der Waals surface area contributed by atoms with Crippen LogP contribution in [0.3, 0.4) is 0 Å². The number of rotatable bonds is 1. The molecule has 0 unspecified atom stereocenters. The minimum atomic E-state index is 0.583. The van der Waals surface area contributed by atoms with Crippen molar-refractivity contribution >= 4 is 16.8 Å². The van der Waals surface area contributed by atoms with Gasteiger partial charge in [0.05, 0.1) is 5.69 Å². The Bertz CT molecular complexity index is 191. The molecule has 0 radical (unpaired) electrons. The minimum Gasteiger partial charge on any atom is -0.360 e. The van der Waals surface area contributed by atoms with Crippen LogP contribution in [0.2, 0.25) is 0 Å². The van der Waals surface area contributed by atoms with Crippen LogP contribution < -0.4 is 0 Å². The van der Waals surface area contributed by atoms with Crippen LogP contribution in [0.15, 0.2) is 18.3 Å². The first-order valence-corrected chi connectivity index (χ1v) is 3.83. The number of thioether (sulfide) groups is 1. The summed E-state index contributed by atoms with van der Waals surface area (Å²) in [5.74, 6) is 0. The summed E-state index contributed by atoms with van der Waals surface area (Å²) in [6.07, 6.45) is 3.71. The van der Waals surface area contributed by atoms with Crippen molar-refractivity contribution in [2.45, 2.75) is 0 Å². The molecule has 1 heterocycles. The Morgan fingerprint density at radius 1 is 1.78 bits per heavy atom. The number of hydrogen-bond donors (Lipinski definition) is 2. The maximum absolute atomic E-state index is 7.33. The first-order chi connectivity index (χ1) is 4.34. The summed E-state index contributed by atoms with van der Waals surface area (Å²) in [6.45, 7) is 0. The average Bonchev–Trinajstić information content (AvgIpc) is 2.37. The van der Waals surface area contributed by atoms with E-state index in [2.05, 4.69) is 4.98 Å². The second-order valence-corrected chi connectivity index (χ2v) is 2.43. The second kappa shape index (κ2) is 2.73. The Morgan fingerprint density at radius 3 is 3.00 bits per heavy atom. The maximum atomic E-state index is 7.33. The van der Waals surface area contributed by atoms with Crippen molar-refractivity contribution in [3.05, 3.63) is 24.0 Å². The molecule has 0 aromatic carbocycles. The van der Waals surface area contributed by atoms with E-state index in [4.69, 9.17) is 5.41 Å². The van der Waals surface area contributed by atoms with Gasteiger partial charge in [0.15, 0.2) is 0 Å². The van der Waals surface area contributed by atoms with Gasteiger partial charge in [-0.3, -0.25) is 5.41 Å². The molecule has 0 aliphatic rings. The normalized spacial score (nSPS) is 9.44. The molecule has 1 aromatic heterocycles. The van der Waals surface area contributed by atoms with Gasteiger partial charge in [0.1, 0.15) is 5.04 Å². The predicted molar refractivity (Wildman–Crippen MR) is 41.1 cm³/mol. The molecule has 0 aliphatic heterocycles. The molecule has 0 atom stereocenters. The summed E-state index contributed by atoms with van der Waals surface area (Å²) in [7, 11) is 0. The van der Waals surface area contributed by atoms with Crippen molar-refractivity contribution in [2.75, 3.05) is 6.26 Å². The van der Waals surface area contributed by atoms with Gasteiger partial charge in [0, 0.05) is 6.20 Å². The number of aromatic amines is 1. The van der Waals surface area contributed by atoms with E-state index in [1.54, 1.807) is 0 Å². The van der Waals surface area contributed by atoms with Crippen molar-refractivity contribution in [2.24, 2.45) is 0 Å². The van der Waals surface area contributed by atoms with E-state index in [1.807, 2.05) is 24.6 Å². The molecule has 0 aliphatic carbocycles. The highest BCUT2D eigenvalue weighted by Gasteiger charge is 1.96. The fraction of sp³-hybridized carbons (Fsp3) is 0.167. The zero-order chi connectivity index (χ0) is 6.69. The molecule has 0 saturated heterocycles. The van der Waals surface area contributed by atoms with E-state index in [0.717, 1.165) is 5.69 Å². The molecule has 3 heteroatoms. The third-order valence-corrected chi connectivity index (χ3v) is 1.67. The number of nitrogens with one attached hydrogen (secondary N) is 2. The minimum absolute atomic E-state index is 0.583. The molecule has 0 bridgehead atoms. The summed E-state index contributed by atoms with van der Waals surface area (Å²) in [5.41, 5.74) is 0.891. The van der Waals surface area contributed by atoms with Gasteiger partial charge < -0.3 is 4.98 Å². The zero-order valence-corrected chi connectivity index (χ0v) is 5.96.